The first-order valence-corrected chi connectivity index (χ1v) is 9.78. The van der Waals surface area contributed by atoms with Crippen molar-refractivity contribution in [1.29, 1.82) is 0 Å². The summed E-state index contributed by atoms with van der Waals surface area (Å²) in [6, 6.07) is 12.5. The molecule has 2 heterocycles. The van der Waals surface area contributed by atoms with Crippen LogP contribution >= 0.6 is 0 Å². The average molecular weight is 394 g/mol. The molecule has 152 valence electrons. The molecule has 1 saturated heterocycles. The number of carbonyl (C=O) groups is 3. The molecule has 0 spiro atoms. The van der Waals surface area contributed by atoms with Gasteiger partial charge in [-0.3, -0.25) is 14.4 Å². The third-order valence-electron chi connectivity index (χ3n) is 5.05. The number of aromatic nitrogens is 1. The normalized spacial score (nSPS) is 14.1. The molecule has 1 fully saturated rings. The Bertz CT molecular complexity index is 901. The number of hydrogen-bond donors (Lipinski definition) is 1. The summed E-state index contributed by atoms with van der Waals surface area (Å²) in [6.07, 6.45) is 0. The summed E-state index contributed by atoms with van der Waals surface area (Å²) in [6.45, 7) is 7.68. The van der Waals surface area contributed by atoms with E-state index < -0.39 is 0 Å². The molecule has 3 amide bonds. The Hall–Kier alpha value is -3.22. The SMILES string of the molecule is CC(=O)N1CCN(C(=O)c2cccc(C(=O)Nc3ccc(C(C)C)cc3)n2)CC1. The second-order valence-corrected chi connectivity index (χ2v) is 7.44. The van der Waals surface area contributed by atoms with E-state index in [2.05, 4.69) is 24.1 Å². The molecule has 0 saturated carbocycles. The zero-order chi connectivity index (χ0) is 21.0. The van der Waals surface area contributed by atoms with Crippen molar-refractivity contribution in [3.8, 4) is 0 Å². The van der Waals surface area contributed by atoms with E-state index in [1.807, 2.05) is 24.3 Å². The lowest BCUT2D eigenvalue weighted by Gasteiger charge is -2.34. The minimum atomic E-state index is -0.363. The molecule has 0 aliphatic carbocycles. The van der Waals surface area contributed by atoms with E-state index in [9.17, 15) is 14.4 Å². The molecule has 0 bridgehead atoms. The van der Waals surface area contributed by atoms with Gasteiger partial charge in [-0.25, -0.2) is 4.98 Å². The minimum absolute atomic E-state index is 0.00955. The van der Waals surface area contributed by atoms with Crippen LogP contribution in [0.25, 0.3) is 0 Å². The predicted octanol–water partition coefficient (Wildman–Crippen LogP) is 2.76. The number of nitrogens with zero attached hydrogens (tertiary/aromatic N) is 3. The van der Waals surface area contributed by atoms with Crippen molar-refractivity contribution in [2.24, 2.45) is 0 Å². The van der Waals surface area contributed by atoms with Gasteiger partial charge in [-0.15, -0.1) is 0 Å². The Balaban J connectivity index is 1.66. The fourth-order valence-electron chi connectivity index (χ4n) is 3.21. The van der Waals surface area contributed by atoms with Crippen LogP contribution in [-0.2, 0) is 4.79 Å². The van der Waals surface area contributed by atoms with Crippen molar-refractivity contribution < 1.29 is 14.4 Å². The van der Waals surface area contributed by atoms with Gasteiger partial charge in [0.15, 0.2) is 0 Å². The number of benzene rings is 1. The average Bonchev–Trinajstić information content (AvgIpc) is 2.73. The van der Waals surface area contributed by atoms with Crippen LogP contribution in [0.1, 0.15) is 53.2 Å². The maximum absolute atomic E-state index is 12.7. The largest absolute Gasteiger partial charge is 0.339 e. The smallest absolute Gasteiger partial charge is 0.274 e. The van der Waals surface area contributed by atoms with Gasteiger partial charge in [-0.1, -0.05) is 32.0 Å². The maximum atomic E-state index is 12.7. The summed E-state index contributed by atoms with van der Waals surface area (Å²) in [4.78, 5) is 44.4. The molecule has 0 radical (unpaired) electrons. The van der Waals surface area contributed by atoms with Crippen LogP contribution in [0.3, 0.4) is 0 Å². The molecule has 0 atom stereocenters. The van der Waals surface area contributed by atoms with Crippen LogP contribution in [-0.4, -0.2) is 58.7 Å². The molecule has 7 nitrogen and oxygen atoms in total. The Morgan fingerprint density at radius 3 is 2.07 bits per heavy atom. The van der Waals surface area contributed by atoms with Gasteiger partial charge in [0.2, 0.25) is 5.91 Å². The zero-order valence-electron chi connectivity index (χ0n) is 17.0. The molecule has 7 heteroatoms. The standard InChI is InChI=1S/C22H26N4O3/c1-15(2)17-7-9-18(10-8-17)23-21(28)19-5-4-6-20(24-19)22(29)26-13-11-25(12-14-26)16(3)27/h4-10,15H,11-14H2,1-3H3,(H,23,28). The van der Waals surface area contributed by atoms with Crippen molar-refractivity contribution in [2.45, 2.75) is 26.7 Å². The summed E-state index contributed by atoms with van der Waals surface area (Å²) in [5.74, 6) is -0.167. The number of nitrogens with one attached hydrogen (secondary N) is 1. The van der Waals surface area contributed by atoms with Crippen LogP contribution in [0, 0.1) is 0 Å². The van der Waals surface area contributed by atoms with Crippen molar-refractivity contribution in [3.05, 3.63) is 59.4 Å². The highest BCUT2D eigenvalue weighted by molar-refractivity contribution is 6.03. The van der Waals surface area contributed by atoms with E-state index in [-0.39, 0.29) is 29.1 Å². The van der Waals surface area contributed by atoms with Gasteiger partial charge in [-0.2, -0.15) is 0 Å². The second-order valence-electron chi connectivity index (χ2n) is 7.44. The van der Waals surface area contributed by atoms with Crippen LogP contribution in [0.5, 0.6) is 0 Å². The number of carbonyl (C=O) groups excluding carboxylic acids is 3. The number of anilines is 1. The molecule has 3 rings (SSSR count). The van der Waals surface area contributed by atoms with Crippen molar-refractivity contribution in [3.63, 3.8) is 0 Å². The van der Waals surface area contributed by atoms with Crippen molar-refractivity contribution in [1.82, 2.24) is 14.8 Å². The molecule has 1 aromatic carbocycles. The number of pyridine rings is 1. The van der Waals surface area contributed by atoms with Crippen LogP contribution in [0.2, 0.25) is 0 Å². The predicted molar refractivity (Wildman–Crippen MR) is 111 cm³/mol. The van der Waals surface area contributed by atoms with E-state index in [1.54, 1.807) is 28.0 Å². The fourth-order valence-corrected chi connectivity index (χ4v) is 3.21. The van der Waals surface area contributed by atoms with Gasteiger partial charge in [0.25, 0.3) is 11.8 Å². The van der Waals surface area contributed by atoms with E-state index in [4.69, 9.17) is 0 Å². The molecular formula is C22H26N4O3. The molecule has 1 aliphatic rings. The number of piperazine rings is 1. The van der Waals surface area contributed by atoms with Crippen LogP contribution in [0.4, 0.5) is 5.69 Å². The Kier molecular flexibility index (Phi) is 6.26. The Labute approximate surface area is 170 Å². The molecule has 1 N–H and O–H groups in total. The lowest BCUT2D eigenvalue weighted by atomic mass is 10.0. The summed E-state index contributed by atoms with van der Waals surface area (Å²) in [7, 11) is 0. The van der Waals surface area contributed by atoms with Crippen LogP contribution in [0.15, 0.2) is 42.5 Å². The molecule has 2 aromatic rings. The van der Waals surface area contributed by atoms with E-state index in [0.717, 1.165) is 0 Å². The highest BCUT2D eigenvalue weighted by Gasteiger charge is 2.24. The van der Waals surface area contributed by atoms with E-state index >= 15 is 0 Å². The highest BCUT2D eigenvalue weighted by Crippen LogP contribution is 2.17. The maximum Gasteiger partial charge on any atom is 0.274 e. The number of amides is 3. The molecule has 29 heavy (non-hydrogen) atoms. The van der Waals surface area contributed by atoms with E-state index in [0.29, 0.717) is 37.8 Å². The molecular weight excluding hydrogens is 368 g/mol. The van der Waals surface area contributed by atoms with Gasteiger partial charge >= 0.3 is 0 Å². The first-order valence-electron chi connectivity index (χ1n) is 9.78. The molecule has 0 unspecified atom stereocenters. The minimum Gasteiger partial charge on any atom is -0.339 e. The Morgan fingerprint density at radius 2 is 1.48 bits per heavy atom. The third-order valence-corrected chi connectivity index (χ3v) is 5.05. The Morgan fingerprint density at radius 1 is 0.897 bits per heavy atom. The summed E-state index contributed by atoms with van der Waals surface area (Å²) >= 11 is 0. The van der Waals surface area contributed by atoms with Gasteiger partial charge in [0.1, 0.15) is 11.4 Å². The molecule has 1 aromatic heterocycles. The first kappa shape index (κ1) is 20.5. The van der Waals surface area contributed by atoms with Crippen molar-refractivity contribution >= 4 is 23.4 Å². The lowest BCUT2D eigenvalue weighted by Crippen LogP contribution is -2.50. The summed E-state index contributed by atoms with van der Waals surface area (Å²) < 4.78 is 0. The summed E-state index contributed by atoms with van der Waals surface area (Å²) in [5.41, 5.74) is 2.28. The second kappa shape index (κ2) is 8.86. The third kappa shape index (κ3) is 4.99. The lowest BCUT2D eigenvalue weighted by molar-refractivity contribution is -0.130. The van der Waals surface area contributed by atoms with Gasteiger partial charge in [0, 0.05) is 38.8 Å². The first-order chi connectivity index (χ1) is 13.8. The van der Waals surface area contributed by atoms with Gasteiger partial charge in [0.05, 0.1) is 0 Å². The molecule has 1 aliphatic heterocycles. The van der Waals surface area contributed by atoms with Gasteiger partial charge < -0.3 is 15.1 Å². The topological polar surface area (TPSA) is 82.6 Å². The van der Waals surface area contributed by atoms with E-state index in [1.165, 1.54) is 12.5 Å². The van der Waals surface area contributed by atoms with Gasteiger partial charge in [-0.05, 0) is 35.7 Å². The van der Waals surface area contributed by atoms with Crippen LogP contribution < -0.4 is 5.32 Å². The fraction of sp³-hybridized carbons (Fsp3) is 0.364. The highest BCUT2D eigenvalue weighted by atomic mass is 16.2. The summed E-state index contributed by atoms with van der Waals surface area (Å²) in [5, 5.41) is 2.82. The number of rotatable bonds is 4. The zero-order valence-corrected chi connectivity index (χ0v) is 17.0. The van der Waals surface area contributed by atoms with Crippen molar-refractivity contribution in [2.75, 3.05) is 31.5 Å². The quantitative estimate of drug-likeness (QED) is 0.864. The number of hydrogen-bond acceptors (Lipinski definition) is 4. The monoisotopic (exact) mass is 394 g/mol.